The average molecular weight is 319 g/mol. The molecule has 4 nitrogen and oxygen atoms in total. The van der Waals surface area contributed by atoms with Crippen molar-refractivity contribution in [1.82, 2.24) is 4.90 Å². The van der Waals surface area contributed by atoms with Gasteiger partial charge in [-0.05, 0) is 26.2 Å². The molecule has 2 rings (SSSR count). The van der Waals surface area contributed by atoms with Crippen LogP contribution in [0.4, 0.5) is 0 Å². The van der Waals surface area contributed by atoms with E-state index < -0.39 is 0 Å². The molecule has 0 aromatic carbocycles. The largest absolute Gasteiger partial charge is 0.341 e. The lowest BCUT2D eigenvalue weighted by Gasteiger charge is -2.23. The number of unbranched alkanes of at least 4 members (excludes halogenated alkanes) is 7. The summed E-state index contributed by atoms with van der Waals surface area (Å²) in [6, 6.07) is 0. The Kier molecular flexibility index (Phi) is 7.77. The number of guanidine groups is 1. The zero-order valence-electron chi connectivity index (χ0n) is 15.0. The predicted molar refractivity (Wildman–Crippen MR) is 97.1 cm³/mol. The van der Waals surface area contributed by atoms with Crippen LogP contribution in [-0.2, 0) is 4.79 Å². The molecule has 2 aliphatic heterocycles. The Morgan fingerprint density at radius 2 is 1.57 bits per heavy atom. The molecule has 0 spiro atoms. The first-order chi connectivity index (χ1) is 11.2. The Bertz CT molecular complexity index is 436. The van der Waals surface area contributed by atoms with E-state index in [-0.39, 0.29) is 11.8 Å². The van der Waals surface area contributed by atoms with Crippen LogP contribution in [0.2, 0.25) is 0 Å². The molecule has 0 aromatic rings. The van der Waals surface area contributed by atoms with Crippen LogP contribution in [0.15, 0.2) is 9.98 Å². The van der Waals surface area contributed by atoms with E-state index in [0.29, 0.717) is 5.96 Å². The molecule has 2 heterocycles. The smallest absolute Gasteiger partial charge is 0.257 e. The second kappa shape index (κ2) is 9.84. The second-order valence-electron chi connectivity index (χ2n) is 7.01. The van der Waals surface area contributed by atoms with E-state index in [2.05, 4.69) is 21.8 Å². The van der Waals surface area contributed by atoms with Gasteiger partial charge in [-0.2, -0.15) is 4.99 Å². The predicted octanol–water partition coefficient (Wildman–Crippen LogP) is 4.59. The number of hydrogen-bond donors (Lipinski definition) is 0. The Balaban J connectivity index is 1.66. The fourth-order valence-electron chi connectivity index (χ4n) is 3.49. The van der Waals surface area contributed by atoms with Gasteiger partial charge in [0.05, 0.1) is 5.92 Å². The molecule has 1 saturated heterocycles. The Labute approximate surface area is 141 Å². The first-order valence-electron chi connectivity index (χ1n) is 9.65. The summed E-state index contributed by atoms with van der Waals surface area (Å²) in [5.41, 5.74) is 0.967. The topological polar surface area (TPSA) is 45.0 Å². The van der Waals surface area contributed by atoms with Gasteiger partial charge in [0, 0.05) is 18.8 Å². The van der Waals surface area contributed by atoms with Crippen LogP contribution >= 0.6 is 0 Å². The highest BCUT2D eigenvalue weighted by Crippen LogP contribution is 2.20. The second-order valence-corrected chi connectivity index (χ2v) is 7.01. The molecule has 4 heteroatoms. The van der Waals surface area contributed by atoms with Gasteiger partial charge < -0.3 is 4.90 Å². The van der Waals surface area contributed by atoms with E-state index in [9.17, 15) is 4.79 Å². The normalized spacial score (nSPS) is 21.6. The molecule has 0 bridgehead atoms. The van der Waals surface area contributed by atoms with E-state index in [0.717, 1.165) is 31.6 Å². The van der Waals surface area contributed by atoms with Crippen LogP contribution in [0.1, 0.15) is 84.5 Å². The molecule has 2 aliphatic rings. The number of amides is 1. The molecule has 1 fully saturated rings. The lowest BCUT2D eigenvalue weighted by Crippen LogP contribution is -2.34. The molecule has 1 unspecified atom stereocenters. The van der Waals surface area contributed by atoms with E-state index in [1.54, 1.807) is 0 Å². The van der Waals surface area contributed by atoms with Crippen molar-refractivity contribution in [1.29, 1.82) is 0 Å². The fraction of sp³-hybridized carbons (Fsp3) is 0.842. The maximum absolute atomic E-state index is 12.3. The lowest BCUT2D eigenvalue weighted by molar-refractivity contribution is -0.120. The van der Waals surface area contributed by atoms with Crippen LogP contribution in [0.5, 0.6) is 0 Å². The van der Waals surface area contributed by atoms with Crippen LogP contribution in [-0.4, -0.2) is 35.6 Å². The van der Waals surface area contributed by atoms with Crippen molar-refractivity contribution < 1.29 is 4.79 Å². The van der Waals surface area contributed by atoms with Crippen LogP contribution in [0.25, 0.3) is 0 Å². The van der Waals surface area contributed by atoms with Crippen molar-refractivity contribution in [3.05, 3.63) is 0 Å². The van der Waals surface area contributed by atoms with Crippen molar-refractivity contribution >= 4 is 17.6 Å². The number of likely N-dealkylation sites (tertiary alicyclic amines) is 1. The third-order valence-electron chi connectivity index (χ3n) is 5.02. The van der Waals surface area contributed by atoms with Crippen LogP contribution in [0, 0.1) is 5.92 Å². The number of rotatable bonds is 9. The van der Waals surface area contributed by atoms with E-state index >= 15 is 0 Å². The monoisotopic (exact) mass is 319 g/mol. The SMILES string of the molecule is CCCCCCCCCCC1C(=O)N=C(N2CCCC2)N=C1C. The van der Waals surface area contributed by atoms with Gasteiger partial charge in [0.2, 0.25) is 5.96 Å². The third-order valence-corrected chi connectivity index (χ3v) is 5.02. The molecule has 0 radical (unpaired) electrons. The van der Waals surface area contributed by atoms with Gasteiger partial charge >= 0.3 is 0 Å². The number of hydrogen-bond acceptors (Lipinski definition) is 3. The van der Waals surface area contributed by atoms with E-state index in [4.69, 9.17) is 0 Å². The summed E-state index contributed by atoms with van der Waals surface area (Å²) in [4.78, 5) is 23.3. The van der Waals surface area contributed by atoms with Gasteiger partial charge in [0.1, 0.15) is 0 Å². The van der Waals surface area contributed by atoms with Gasteiger partial charge in [-0.3, -0.25) is 4.79 Å². The zero-order chi connectivity index (χ0) is 16.5. The summed E-state index contributed by atoms with van der Waals surface area (Å²) in [5, 5.41) is 0. The number of aliphatic imine (C=N–C) groups is 2. The summed E-state index contributed by atoms with van der Waals surface area (Å²) in [6.07, 6.45) is 13.7. The first-order valence-corrected chi connectivity index (χ1v) is 9.65. The first kappa shape index (κ1) is 18.2. The van der Waals surface area contributed by atoms with E-state index in [1.807, 2.05) is 6.92 Å². The van der Waals surface area contributed by atoms with Gasteiger partial charge in [-0.25, -0.2) is 4.99 Å². The summed E-state index contributed by atoms with van der Waals surface area (Å²) >= 11 is 0. The highest BCUT2D eigenvalue weighted by atomic mass is 16.1. The molecule has 0 saturated carbocycles. The third kappa shape index (κ3) is 5.74. The zero-order valence-corrected chi connectivity index (χ0v) is 15.0. The minimum Gasteiger partial charge on any atom is -0.341 e. The molecule has 1 amide bonds. The molecule has 0 N–H and O–H groups in total. The van der Waals surface area contributed by atoms with Crippen molar-refractivity contribution in [2.45, 2.75) is 84.5 Å². The highest BCUT2D eigenvalue weighted by Gasteiger charge is 2.28. The maximum Gasteiger partial charge on any atom is 0.257 e. The quantitative estimate of drug-likeness (QED) is 0.584. The number of carbonyl (C=O) groups is 1. The van der Waals surface area contributed by atoms with Crippen molar-refractivity contribution in [2.24, 2.45) is 15.9 Å². The summed E-state index contributed by atoms with van der Waals surface area (Å²) in [7, 11) is 0. The molecule has 23 heavy (non-hydrogen) atoms. The molecule has 130 valence electrons. The summed E-state index contributed by atoms with van der Waals surface area (Å²) in [6.45, 7) is 6.23. The van der Waals surface area contributed by atoms with Gasteiger partial charge in [0.15, 0.2) is 0 Å². The number of nitrogens with zero attached hydrogens (tertiary/aromatic N) is 3. The molecular formula is C19H33N3O. The molecule has 0 aliphatic carbocycles. The highest BCUT2D eigenvalue weighted by molar-refractivity contribution is 6.14. The van der Waals surface area contributed by atoms with Gasteiger partial charge in [-0.1, -0.05) is 58.3 Å². The van der Waals surface area contributed by atoms with E-state index in [1.165, 1.54) is 57.8 Å². The van der Waals surface area contributed by atoms with Crippen LogP contribution < -0.4 is 0 Å². The lowest BCUT2D eigenvalue weighted by atomic mass is 9.95. The Morgan fingerprint density at radius 1 is 0.957 bits per heavy atom. The standard InChI is InChI=1S/C19H33N3O/c1-3-4-5-6-7-8-9-10-13-17-16(2)20-19(21-18(17)23)22-14-11-12-15-22/h17H,3-15H2,1-2H3. The summed E-state index contributed by atoms with van der Waals surface area (Å²) < 4.78 is 0. The van der Waals surface area contributed by atoms with Crippen molar-refractivity contribution in [2.75, 3.05) is 13.1 Å². The molecule has 0 aromatic heterocycles. The Morgan fingerprint density at radius 3 is 2.17 bits per heavy atom. The Hall–Kier alpha value is -1.19. The minimum absolute atomic E-state index is 0.0299. The molecule has 1 atom stereocenters. The minimum atomic E-state index is -0.0681. The van der Waals surface area contributed by atoms with Crippen LogP contribution in [0.3, 0.4) is 0 Å². The maximum atomic E-state index is 12.3. The summed E-state index contributed by atoms with van der Waals surface area (Å²) in [5.74, 6) is 0.626. The van der Waals surface area contributed by atoms with Gasteiger partial charge in [0.25, 0.3) is 5.91 Å². The van der Waals surface area contributed by atoms with Gasteiger partial charge in [-0.15, -0.1) is 0 Å². The van der Waals surface area contributed by atoms with Crippen molar-refractivity contribution in [3.8, 4) is 0 Å². The molecular weight excluding hydrogens is 286 g/mol. The average Bonchev–Trinajstić information content (AvgIpc) is 3.06. The number of carbonyl (C=O) groups excluding carboxylic acids is 1. The van der Waals surface area contributed by atoms with Crippen molar-refractivity contribution in [3.63, 3.8) is 0 Å². The fourth-order valence-corrected chi connectivity index (χ4v) is 3.49.